The summed E-state index contributed by atoms with van der Waals surface area (Å²) in [6.45, 7) is 9.67. The van der Waals surface area contributed by atoms with Gasteiger partial charge in [0, 0.05) is 5.41 Å². The summed E-state index contributed by atoms with van der Waals surface area (Å²) in [4.78, 5) is 0. The van der Waals surface area contributed by atoms with Crippen molar-refractivity contribution < 1.29 is 18.9 Å². The van der Waals surface area contributed by atoms with Gasteiger partial charge in [0.2, 0.25) is 0 Å². The maximum Gasteiger partial charge on any atom is 0.119 e. The molecule has 0 spiro atoms. The van der Waals surface area contributed by atoms with Crippen molar-refractivity contribution in [2.24, 2.45) is 5.92 Å². The van der Waals surface area contributed by atoms with E-state index in [1.807, 2.05) is 0 Å². The van der Waals surface area contributed by atoms with E-state index in [-0.39, 0.29) is 17.6 Å². The SMILES string of the molecule is CC1C=CC(OCC2CO2)=CC=C1C(C)(C)c1ccc(OCC2CO2)cc1. The minimum atomic E-state index is -0.0898. The molecule has 2 aliphatic heterocycles. The molecule has 0 amide bonds. The topological polar surface area (TPSA) is 43.5 Å². The van der Waals surface area contributed by atoms with Crippen LogP contribution in [0.1, 0.15) is 26.3 Å². The van der Waals surface area contributed by atoms with Gasteiger partial charge in [0.15, 0.2) is 0 Å². The van der Waals surface area contributed by atoms with Gasteiger partial charge in [-0.05, 0) is 35.8 Å². The number of ether oxygens (including phenoxy) is 4. The summed E-state index contributed by atoms with van der Waals surface area (Å²) >= 11 is 0. The first-order chi connectivity index (χ1) is 13.0. The molecule has 0 aromatic heterocycles. The van der Waals surface area contributed by atoms with Gasteiger partial charge in [-0.15, -0.1) is 0 Å². The molecule has 3 unspecified atom stereocenters. The maximum atomic E-state index is 5.85. The first kappa shape index (κ1) is 18.3. The van der Waals surface area contributed by atoms with Crippen molar-refractivity contribution in [1.29, 1.82) is 0 Å². The molecule has 144 valence electrons. The highest BCUT2D eigenvalue weighted by molar-refractivity contribution is 5.43. The molecule has 1 aliphatic carbocycles. The molecule has 1 aromatic carbocycles. The summed E-state index contributed by atoms with van der Waals surface area (Å²) in [6, 6.07) is 8.43. The van der Waals surface area contributed by atoms with Crippen LogP contribution in [0.15, 0.2) is 59.9 Å². The maximum absolute atomic E-state index is 5.85. The molecule has 4 nitrogen and oxygen atoms in total. The Morgan fingerprint density at radius 2 is 1.59 bits per heavy atom. The van der Waals surface area contributed by atoms with Crippen molar-refractivity contribution in [1.82, 2.24) is 0 Å². The third-order valence-electron chi connectivity index (χ3n) is 5.44. The van der Waals surface area contributed by atoms with Gasteiger partial charge < -0.3 is 18.9 Å². The van der Waals surface area contributed by atoms with Crippen LogP contribution in [0.25, 0.3) is 0 Å². The zero-order chi connectivity index (χ0) is 18.9. The summed E-state index contributed by atoms with van der Waals surface area (Å²) in [7, 11) is 0. The van der Waals surface area contributed by atoms with Gasteiger partial charge in [0.05, 0.1) is 13.2 Å². The van der Waals surface area contributed by atoms with Gasteiger partial charge in [-0.25, -0.2) is 0 Å². The number of rotatable bonds is 8. The zero-order valence-corrected chi connectivity index (χ0v) is 16.3. The van der Waals surface area contributed by atoms with E-state index in [0.29, 0.717) is 19.1 Å². The highest BCUT2D eigenvalue weighted by atomic mass is 16.6. The number of hydrogen-bond acceptors (Lipinski definition) is 4. The van der Waals surface area contributed by atoms with Gasteiger partial charge in [-0.3, -0.25) is 0 Å². The Bertz CT molecular complexity index is 749. The van der Waals surface area contributed by atoms with E-state index in [9.17, 15) is 0 Å². The Balaban J connectivity index is 1.47. The van der Waals surface area contributed by atoms with Gasteiger partial charge in [-0.2, -0.15) is 0 Å². The van der Waals surface area contributed by atoms with Crippen LogP contribution < -0.4 is 4.74 Å². The molecule has 0 radical (unpaired) electrons. The highest BCUT2D eigenvalue weighted by Gasteiger charge is 2.29. The Hall–Kier alpha value is -2.04. The molecule has 3 aliphatic rings. The lowest BCUT2D eigenvalue weighted by atomic mass is 9.73. The summed E-state index contributed by atoms with van der Waals surface area (Å²) < 4.78 is 22.0. The van der Waals surface area contributed by atoms with Crippen molar-refractivity contribution >= 4 is 0 Å². The van der Waals surface area contributed by atoms with Crippen LogP contribution >= 0.6 is 0 Å². The van der Waals surface area contributed by atoms with Crippen LogP contribution in [0.2, 0.25) is 0 Å². The third-order valence-corrected chi connectivity index (χ3v) is 5.44. The molecule has 1 aromatic rings. The minimum Gasteiger partial charge on any atom is -0.491 e. The predicted octanol–water partition coefficient (Wildman–Crippen LogP) is 4.17. The molecular weight excluding hydrogens is 340 g/mol. The smallest absolute Gasteiger partial charge is 0.119 e. The largest absolute Gasteiger partial charge is 0.491 e. The van der Waals surface area contributed by atoms with Gasteiger partial charge >= 0.3 is 0 Å². The Kier molecular flexibility index (Phi) is 5.11. The lowest BCUT2D eigenvalue weighted by Gasteiger charge is -2.31. The second kappa shape index (κ2) is 7.53. The van der Waals surface area contributed by atoms with Gasteiger partial charge in [0.1, 0.15) is 36.9 Å². The van der Waals surface area contributed by atoms with Crippen LogP contribution in [-0.4, -0.2) is 38.6 Å². The van der Waals surface area contributed by atoms with Crippen LogP contribution in [0.4, 0.5) is 0 Å². The summed E-state index contributed by atoms with van der Waals surface area (Å²) in [5.74, 6) is 2.12. The van der Waals surface area contributed by atoms with E-state index in [1.165, 1.54) is 11.1 Å². The molecule has 4 rings (SSSR count). The Labute approximate surface area is 161 Å². The fourth-order valence-electron chi connectivity index (χ4n) is 3.44. The fourth-order valence-corrected chi connectivity index (χ4v) is 3.44. The predicted molar refractivity (Wildman–Crippen MR) is 105 cm³/mol. The fraction of sp³-hybridized carbons (Fsp3) is 0.478. The van der Waals surface area contributed by atoms with Crippen LogP contribution in [0.3, 0.4) is 0 Å². The average molecular weight is 368 g/mol. The number of epoxide rings is 2. The summed E-state index contributed by atoms with van der Waals surface area (Å²) in [5, 5.41) is 0. The third kappa shape index (κ3) is 4.63. The van der Waals surface area contributed by atoms with E-state index < -0.39 is 0 Å². The first-order valence-electron chi connectivity index (χ1n) is 9.72. The minimum absolute atomic E-state index is 0.0898. The molecule has 2 heterocycles. The normalized spacial score (nSPS) is 26.7. The van der Waals surface area contributed by atoms with E-state index in [1.54, 1.807) is 0 Å². The highest BCUT2D eigenvalue weighted by Crippen LogP contribution is 2.38. The summed E-state index contributed by atoms with van der Waals surface area (Å²) in [6.07, 6.45) is 9.12. The van der Waals surface area contributed by atoms with E-state index >= 15 is 0 Å². The second-order valence-electron chi connectivity index (χ2n) is 8.02. The van der Waals surface area contributed by atoms with Gasteiger partial charge in [0.25, 0.3) is 0 Å². The van der Waals surface area contributed by atoms with Crippen molar-refractivity contribution in [3.05, 3.63) is 65.5 Å². The zero-order valence-electron chi connectivity index (χ0n) is 16.3. The van der Waals surface area contributed by atoms with Gasteiger partial charge in [-0.1, -0.05) is 50.6 Å². The van der Waals surface area contributed by atoms with Crippen LogP contribution in [0.5, 0.6) is 5.75 Å². The van der Waals surface area contributed by atoms with Crippen molar-refractivity contribution in [2.75, 3.05) is 26.4 Å². The molecule has 4 heteroatoms. The summed E-state index contributed by atoms with van der Waals surface area (Å²) in [5.41, 5.74) is 2.54. The quantitative estimate of drug-likeness (QED) is 0.646. The molecule has 0 N–H and O–H groups in total. The van der Waals surface area contributed by atoms with E-state index in [4.69, 9.17) is 18.9 Å². The molecule has 0 saturated carbocycles. The average Bonchev–Trinajstić information content (AvgIpc) is 3.55. The van der Waals surface area contributed by atoms with E-state index in [2.05, 4.69) is 69.3 Å². The van der Waals surface area contributed by atoms with Crippen molar-refractivity contribution in [3.63, 3.8) is 0 Å². The van der Waals surface area contributed by atoms with E-state index in [0.717, 1.165) is 24.7 Å². The molecule has 2 fully saturated rings. The van der Waals surface area contributed by atoms with Crippen LogP contribution in [0, 0.1) is 5.92 Å². The number of hydrogen-bond donors (Lipinski definition) is 0. The lowest BCUT2D eigenvalue weighted by Crippen LogP contribution is -2.24. The lowest BCUT2D eigenvalue weighted by molar-refractivity contribution is 0.193. The van der Waals surface area contributed by atoms with Crippen molar-refractivity contribution in [3.8, 4) is 5.75 Å². The standard InChI is InChI=1S/C23H28O4/c1-16-4-7-18(24-12-20-14-26-20)10-11-22(16)23(2,3)17-5-8-19(9-6-17)25-13-21-15-27-21/h4-11,16,20-21H,12-15H2,1-3H3. The second-order valence-corrected chi connectivity index (χ2v) is 8.02. The monoisotopic (exact) mass is 368 g/mol. The first-order valence-corrected chi connectivity index (χ1v) is 9.72. The number of benzene rings is 1. The number of allylic oxidation sites excluding steroid dienone is 5. The Morgan fingerprint density at radius 3 is 2.22 bits per heavy atom. The molecule has 2 saturated heterocycles. The van der Waals surface area contributed by atoms with Crippen molar-refractivity contribution in [2.45, 2.75) is 38.4 Å². The van der Waals surface area contributed by atoms with Crippen LogP contribution in [-0.2, 0) is 19.6 Å². The molecular formula is C23H28O4. The molecule has 3 atom stereocenters. The molecule has 27 heavy (non-hydrogen) atoms. The molecule has 0 bridgehead atoms. The Morgan fingerprint density at radius 1 is 0.963 bits per heavy atom.